The molecule has 1 aromatic rings. The van der Waals surface area contributed by atoms with Gasteiger partial charge in [-0.15, -0.1) is 0 Å². The standard InChI is InChI=1S/C14H18N2O3/c1-11-4-2-3-5-12(11)15-6-8-16(9-7-15)13(17)10-14(18)19/h2-5H,6-10H2,1H3,(H,18,19)/p-1. The summed E-state index contributed by atoms with van der Waals surface area (Å²) in [5.41, 5.74) is 2.38. The van der Waals surface area contributed by atoms with E-state index in [0.717, 1.165) is 13.1 Å². The number of benzene rings is 1. The Morgan fingerprint density at radius 1 is 1.16 bits per heavy atom. The molecule has 0 aromatic heterocycles. The van der Waals surface area contributed by atoms with Gasteiger partial charge in [-0.3, -0.25) is 4.79 Å². The number of piperazine rings is 1. The molecule has 0 saturated carbocycles. The number of carbonyl (C=O) groups is 2. The number of rotatable bonds is 3. The summed E-state index contributed by atoms with van der Waals surface area (Å²) in [6, 6.07) is 8.12. The van der Waals surface area contributed by atoms with Crippen LogP contribution in [0, 0.1) is 6.92 Å². The quantitative estimate of drug-likeness (QED) is 0.706. The summed E-state index contributed by atoms with van der Waals surface area (Å²) >= 11 is 0. The number of hydrogen-bond acceptors (Lipinski definition) is 4. The molecule has 2 rings (SSSR count). The van der Waals surface area contributed by atoms with Crippen LogP contribution in [-0.4, -0.2) is 43.0 Å². The number of carbonyl (C=O) groups excluding carboxylic acids is 2. The summed E-state index contributed by atoms with van der Waals surface area (Å²) in [5, 5.41) is 10.4. The SMILES string of the molecule is Cc1ccccc1N1CCN(C(=O)CC(=O)[O-])CC1. The molecular formula is C14H17N2O3-. The van der Waals surface area contributed by atoms with E-state index in [0.29, 0.717) is 13.1 Å². The van der Waals surface area contributed by atoms with Crippen LogP contribution in [0.4, 0.5) is 5.69 Å². The molecule has 0 unspecified atom stereocenters. The number of para-hydroxylation sites is 1. The third kappa shape index (κ3) is 3.24. The average Bonchev–Trinajstić information content (AvgIpc) is 2.39. The van der Waals surface area contributed by atoms with Crippen LogP contribution < -0.4 is 10.0 Å². The molecule has 0 N–H and O–H groups in total. The van der Waals surface area contributed by atoms with Gasteiger partial charge < -0.3 is 19.7 Å². The number of aryl methyl sites for hydroxylation is 1. The van der Waals surface area contributed by atoms with Crippen molar-refractivity contribution in [1.82, 2.24) is 4.90 Å². The Morgan fingerprint density at radius 3 is 2.37 bits per heavy atom. The average molecular weight is 261 g/mol. The van der Waals surface area contributed by atoms with Crippen molar-refractivity contribution in [2.75, 3.05) is 31.1 Å². The van der Waals surface area contributed by atoms with Crippen molar-refractivity contribution >= 4 is 17.6 Å². The zero-order chi connectivity index (χ0) is 13.8. The van der Waals surface area contributed by atoms with Gasteiger partial charge in [0.2, 0.25) is 5.91 Å². The fraction of sp³-hybridized carbons (Fsp3) is 0.429. The minimum atomic E-state index is -1.31. The van der Waals surface area contributed by atoms with Crippen molar-refractivity contribution in [3.8, 4) is 0 Å². The highest BCUT2D eigenvalue weighted by atomic mass is 16.4. The van der Waals surface area contributed by atoms with Crippen LogP contribution in [0.3, 0.4) is 0 Å². The van der Waals surface area contributed by atoms with E-state index in [9.17, 15) is 14.7 Å². The van der Waals surface area contributed by atoms with E-state index < -0.39 is 12.4 Å². The molecule has 102 valence electrons. The van der Waals surface area contributed by atoms with Gasteiger partial charge in [0.1, 0.15) is 0 Å². The van der Waals surface area contributed by atoms with Gasteiger partial charge in [-0.25, -0.2) is 0 Å². The smallest absolute Gasteiger partial charge is 0.228 e. The molecule has 0 bridgehead atoms. The fourth-order valence-electron chi connectivity index (χ4n) is 2.35. The van der Waals surface area contributed by atoms with Gasteiger partial charge in [-0.1, -0.05) is 18.2 Å². The summed E-state index contributed by atoms with van der Waals surface area (Å²) < 4.78 is 0. The van der Waals surface area contributed by atoms with E-state index in [1.807, 2.05) is 12.1 Å². The maximum Gasteiger partial charge on any atom is 0.228 e. The summed E-state index contributed by atoms with van der Waals surface area (Å²) in [6.07, 6.45) is -0.523. The predicted octanol–water partition coefficient (Wildman–Crippen LogP) is -0.216. The normalized spacial score (nSPS) is 15.4. The Kier molecular flexibility index (Phi) is 4.04. The lowest BCUT2D eigenvalue weighted by molar-refractivity contribution is -0.304. The van der Waals surface area contributed by atoms with E-state index >= 15 is 0 Å². The first-order valence-corrected chi connectivity index (χ1v) is 6.36. The molecule has 1 aliphatic rings. The van der Waals surface area contributed by atoms with Crippen molar-refractivity contribution < 1.29 is 14.7 Å². The van der Waals surface area contributed by atoms with Gasteiger partial charge >= 0.3 is 0 Å². The molecule has 5 heteroatoms. The number of carboxylic acids is 1. The second-order valence-corrected chi connectivity index (χ2v) is 4.70. The lowest BCUT2D eigenvalue weighted by Gasteiger charge is -2.36. The topological polar surface area (TPSA) is 63.7 Å². The Bertz CT molecular complexity index is 479. The number of aliphatic carboxylic acids is 1. The second kappa shape index (κ2) is 5.73. The third-order valence-electron chi connectivity index (χ3n) is 3.38. The van der Waals surface area contributed by atoms with Gasteiger partial charge in [0.15, 0.2) is 0 Å². The third-order valence-corrected chi connectivity index (χ3v) is 3.38. The maximum atomic E-state index is 11.6. The molecule has 0 atom stereocenters. The van der Waals surface area contributed by atoms with E-state index in [2.05, 4.69) is 24.0 Å². The van der Waals surface area contributed by atoms with Crippen molar-refractivity contribution in [3.63, 3.8) is 0 Å². The number of carboxylic acid groups (broad SMARTS) is 1. The Morgan fingerprint density at radius 2 is 1.79 bits per heavy atom. The Hall–Kier alpha value is -2.04. The molecule has 19 heavy (non-hydrogen) atoms. The Balaban J connectivity index is 1.94. The fourth-order valence-corrected chi connectivity index (χ4v) is 2.35. The zero-order valence-electron chi connectivity index (χ0n) is 11.0. The second-order valence-electron chi connectivity index (χ2n) is 4.70. The molecule has 1 saturated heterocycles. The van der Waals surface area contributed by atoms with Crippen molar-refractivity contribution in [1.29, 1.82) is 0 Å². The van der Waals surface area contributed by atoms with Crippen LogP contribution in [0.15, 0.2) is 24.3 Å². The Labute approximate surface area is 112 Å². The van der Waals surface area contributed by atoms with Crippen molar-refractivity contribution in [2.45, 2.75) is 13.3 Å². The maximum absolute atomic E-state index is 11.6. The van der Waals surface area contributed by atoms with Gasteiger partial charge in [-0.05, 0) is 18.6 Å². The van der Waals surface area contributed by atoms with Crippen LogP contribution in [-0.2, 0) is 9.59 Å². The highest BCUT2D eigenvalue weighted by Gasteiger charge is 2.21. The molecular weight excluding hydrogens is 244 g/mol. The highest BCUT2D eigenvalue weighted by molar-refractivity contribution is 5.92. The largest absolute Gasteiger partial charge is 0.550 e. The van der Waals surface area contributed by atoms with Crippen LogP contribution in [0.5, 0.6) is 0 Å². The number of amides is 1. The van der Waals surface area contributed by atoms with Crippen molar-refractivity contribution in [3.05, 3.63) is 29.8 Å². The monoisotopic (exact) mass is 261 g/mol. The molecule has 1 aliphatic heterocycles. The first kappa shape index (κ1) is 13.4. The molecule has 5 nitrogen and oxygen atoms in total. The van der Waals surface area contributed by atoms with Gasteiger partial charge in [0, 0.05) is 31.9 Å². The summed E-state index contributed by atoms with van der Waals surface area (Å²) in [6.45, 7) is 4.62. The molecule has 0 radical (unpaired) electrons. The summed E-state index contributed by atoms with van der Waals surface area (Å²) in [5.74, 6) is -1.67. The summed E-state index contributed by atoms with van der Waals surface area (Å²) in [7, 11) is 0. The molecule has 0 aliphatic carbocycles. The van der Waals surface area contributed by atoms with Crippen LogP contribution in [0.2, 0.25) is 0 Å². The number of hydrogen-bond donors (Lipinski definition) is 0. The molecule has 0 spiro atoms. The van der Waals surface area contributed by atoms with Crippen LogP contribution in [0.1, 0.15) is 12.0 Å². The van der Waals surface area contributed by atoms with Gasteiger partial charge in [0.25, 0.3) is 0 Å². The van der Waals surface area contributed by atoms with E-state index in [1.165, 1.54) is 11.3 Å². The molecule has 1 aromatic carbocycles. The molecule has 1 amide bonds. The lowest BCUT2D eigenvalue weighted by atomic mass is 10.1. The first-order chi connectivity index (χ1) is 9.08. The molecule has 1 heterocycles. The number of nitrogens with zero attached hydrogens (tertiary/aromatic N) is 2. The van der Waals surface area contributed by atoms with E-state index in [4.69, 9.17) is 0 Å². The lowest BCUT2D eigenvalue weighted by Crippen LogP contribution is -2.49. The molecule has 1 fully saturated rings. The summed E-state index contributed by atoms with van der Waals surface area (Å²) in [4.78, 5) is 25.8. The van der Waals surface area contributed by atoms with Crippen molar-refractivity contribution in [2.24, 2.45) is 0 Å². The first-order valence-electron chi connectivity index (χ1n) is 6.36. The van der Waals surface area contributed by atoms with Crippen LogP contribution >= 0.6 is 0 Å². The van der Waals surface area contributed by atoms with E-state index in [1.54, 1.807) is 4.90 Å². The van der Waals surface area contributed by atoms with Crippen LogP contribution in [0.25, 0.3) is 0 Å². The highest BCUT2D eigenvalue weighted by Crippen LogP contribution is 2.20. The minimum absolute atomic E-state index is 0.357. The van der Waals surface area contributed by atoms with Gasteiger partial charge in [0.05, 0.1) is 12.4 Å². The number of anilines is 1. The predicted molar refractivity (Wildman–Crippen MR) is 69.6 cm³/mol. The minimum Gasteiger partial charge on any atom is -0.550 e. The van der Waals surface area contributed by atoms with E-state index in [-0.39, 0.29) is 5.91 Å². The zero-order valence-corrected chi connectivity index (χ0v) is 11.0. The van der Waals surface area contributed by atoms with Gasteiger partial charge in [-0.2, -0.15) is 0 Å².